The quantitative estimate of drug-likeness (QED) is 0.538. The van der Waals surface area contributed by atoms with Crippen LogP contribution in [0.2, 0.25) is 0 Å². The number of anilines is 1. The van der Waals surface area contributed by atoms with Crippen molar-refractivity contribution >= 4 is 26.6 Å². The Hall–Kier alpha value is -3.05. The highest BCUT2D eigenvalue weighted by Crippen LogP contribution is 2.39. The highest BCUT2D eigenvalue weighted by Gasteiger charge is 2.06. The predicted molar refractivity (Wildman–Crippen MR) is 124 cm³/mol. The Bertz CT molecular complexity index is 964. The van der Waals surface area contributed by atoms with E-state index in [2.05, 4.69) is 38.9 Å². The van der Waals surface area contributed by atoms with E-state index in [0.717, 1.165) is 21.2 Å². The SMILES string of the molecule is C=C(NCc1cccnc1)Nc1ccc(S(=C)(=C)c2ccccc2)nc1.CC. The summed E-state index contributed by atoms with van der Waals surface area (Å²) in [6.07, 6.45) is 5.37. The molecule has 0 spiro atoms. The lowest BCUT2D eigenvalue weighted by Crippen LogP contribution is -2.18. The van der Waals surface area contributed by atoms with Crippen molar-refractivity contribution in [1.82, 2.24) is 15.3 Å². The van der Waals surface area contributed by atoms with Gasteiger partial charge >= 0.3 is 0 Å². The van der Waals surface area contributed by atoms with Gasteiger partial charge in [0.1, 0.15) is 0 Å². The van der Waals surface area contributed by atoms with E-state index < -0.39 is 9.21 Å². The first-order valence-corrected chi connectivity index (χ1v) is 11.1. The van der Waals surface area contributed by atoms with Gasteiger partial charge in [-0.25, -0.2) is 4.98 Å². The molecule has 0 aliphatic heterocycles. The number of benzene rings is 1. The van der Waals surface area contributed by atoms with Gasteiger partial charge in [0.25, 0.3) is 0 Å². The zero-order valence-electron chi connectivity index (χ0n) is 16.6. The van der Waals surface area contributed by atoms with Crippen LogP contribution >= 0.6 is 9.21 Å². The topological polar surface area (TPSA) is 49.8 Å². The molecule has 0 saturated heterocycles. The van der Waals surface area contributed by atoms with Crippen molar-refractivity contribution in [3.8, 4) is 0 Å². The molecule has 0 bridgehead atoms. The van der Waals surface area contributed by atoms with Crippen molar-refractivity contribution in [1.29, 1.82) is 0 Å². The second-order valence-electron chi connectivity index (χ2n) is 5.90. The van der Waals surface area contributed by atoms with Gasteiger partial charge in [0.2, 0.25) is 0 Å². The Morgan fingerprint density at radius 3 is 2.32 bits per heavy atom. The van der Waals surface area contributed by atoms with Crippen molar-refractivity contribution in [3.63, 3.8) is 0 Å². The summed E-state index contributed by atoms with van der Waals surface area (Å²) in [7, 11) is -1.61. The second-order valence-corrected chi connectivity index (χ2v) is 8.56. The number of hydrogen-bond acceptors (Lipinski definition) is 4. The summed E-state index contributed by atoms with van der Waals surface area (Å²) in [5.41, 5.74) is 1.95. The molecule has 2 N–H and O–H groups in total. The summed E-state index contributed by atoms with van der Waals surface area (Å²) >= 11 is 0. The molecule has 2 aromatic heterocycles. The molecule has 0 saturated carbocycles. The molecule has 0 unspecified atom stereocenters. The molecule has 146 valence electrons. The Kier molecular flexibility index (Phi) is 7.84. The molecular formula is C23H28N4S. The molecule has 1 aromatic carbocycles. The highest BCUT2D eigenvalue weighted by molar-refractivity contribution is 8.27. The first kappa shape index (κ1) is 21.3. The average Bonchev–Trinajstić information content (AvgIpc) is 2.75. The van der Waals surface area contributed by atoms with Gasteiger partial charge in [0.05, 0.1) is 22.7 Å². The number of pyridine rings is 2. The Labute approximate surface area is 168 Å². The third-order valence-electron chi connectivity index (χ3n) is 3.85. The fourth-order valence-electron chi connectivity index (χ4n) is 2.42. The van der Waals surface area contributed by atoms with Crippen molar-refractivity contribution < 1.29 is 0 Å². The largest absolute Gasteiger partial charge is 0.368 e. The second kappa shape index (κ2) is 10.3. The zero-order chi connectivity index (χ0) is 20.4. The fourth-order valence-corrected chi connectivity index (χ4v) is 3.92. The van der Waals surface area contributed by atoms with Crippen LogP contribution in [0.15, 0.2) is 95.5 Å². The molecule has 5 heteroatoms. The van der Waals surface area contributed by atoms with Crippen molar-refractivity contribution in [2.45, 2.75) is 30.3 Å². The number of hydrogen-bond donors (Lipinski definition) is 2. The summed E-state index contributed by atoms with van der Waals surface area (Å²) < 4.78 is 0. The van der Waals surface area contributed by atoms with Crippen LogP contribution in [0.3, 0.4) is 0 Å². The summed E-state index contributed by atoms with van der Waals surface area (Å²) in [4.78, 5) is 9.77. The van der Waals surface area contributed by atoms with E-state index >= 15 is 0 Å². The third-order valence-corrected chi connectivity index (χ3v) is 6.07. The monoisotopic (exact) mass is 392 g/mol. The first-order chi connectivity index (χ1) is 13.6. The lowest BCUT2D eigenvalue weighted by Gasteiger charge is -2.16. The van der Waals surface area contributed by atoms with Crippen LogP contribution in [0.5, 0.6) is 0 Å². The van der Waals surface area contributed by atoms with Crippen molar-refractivity contribution in [3.05, 3.63) is 91.2 Å². The van der Waals surface area contributed by atoms with Crippen LogP contribution in [0.25, 0.3) is 0 Å². The summed E-state index contributed by atoms with van der Waals surface area (Å²) in [5, 5.41) is 7.33. The Morgan fingerprint density at radius 2 is 1.71 bits per heavy atom. The fraction of sp³-hybridized carbons (Fsp3) is 0.130. The van der Waals surface area contributed by atoms with Crippen molar-refractivity contribution in [2.75, 3.05) is 5.32 Å². The van der Waals surface area contributed by atoms with Gasteiger partial charge in [0.15, 0.2) is 0 Å². The van der Waals surface area contributed by atoms with E-state index in [9.17, 15) is 0 Å². The highest BCUT2D eigenvalue weighted by atomic mass is 32.2. The molecule has 4 nitrogen and oxygen atoms in total. The van der Waals surface area contributed by atoms with Gasteiger partial charge < -0.3 is 10.6 Å². The smallest absolute Gasteiger partial charge is 0.0960 e. The summed E-state index contributed by atoms with van der Waals surface area (Å²) in [6.45, 7) is 8.65. The van der Waals surface area contributed by atoms with Gasteiger partial charge in [-0.15, -0.1) is 9.21 Å². The zero-order valence-corrected chi connectivity index (χ0v) is 17.4. The van der Waals surface area contributed by atoms with Crippen molar-refractivity contribution in [2.24, 2.45) is 0 Å². The molecule has 0 aliphatic rings. The standard InChI is InChI=1S/C21H22N4S.C2H6/c1-17(23-15-18-8-7-13-22-14-18)25-19-11-12-21(24-16-19)26(2,3)20-9-5-4-6-10-20;1-2/h4-14,16,23,25H,1-3,15H2;1-2H3. The maximum absolute atomic E-state index is 4.57. The van der Waals surface area contributed by atoms with E-state index in [1.54, 1.807) is 12.4 Å². The maximum atomic E-state index is 4.57. The third kappa shape index (κ3) is 5.72. The molecule has 0 radical (unpaired) electrons. The molecule has 0 atom stereocenters. The van der Waals surface area contributed by atoms with Crippen LogP contribution in [0.4, 0.5) is 5.69 Å². The predicted octanol–water partition coefficient (Wildman–Crippen LogP) is 5.26. The first-order valence-electron chi connectivity index (χ1n) is 9.15. The van der Waals surface area contributed by atoms with Gasteiger partial charge in [-0.2, -0.15) is 0 Å². The molecule has 3 rings (SSSR count). The molecular weight excluding hydrogens is 364 g/mol. The number of aromatic nitrogens is 2. The molecule has 0 fully saturated rings. The van der Waals surface area contributed by atoms with E-state index in [1.165, 1.54) is 0 Å². The summed E-state index contributed by atoms with van der Waals surface area (Å²) in [5.74, 6) is 9.34. The van der Waals surface area contributed by atoms with Gasteiger partial charge in [-0.05, 0) is 35.9 Å². The molecule has 3 aromatic rings. The molecule has 28 heavy (non-hydrogen) atoms. The van der Waals surface area contributed by atoms with Crippen LogP contribution < -0.4 is 10.6 Å². The Balaban J connectivity index is 0.00000136. The lowest BCUT2D eigenvalue weighted by atomic mass is 10.3. The number of rotatable bonds is 7. The van der Waals surface area contributed by atoms with E-state index in [1.807, 2.05) is 74.6 Å². The molecule has 0 aliphatic carbocycles. The average molecular weight is 393 g/mol. The molecule has 0 amide bonds. The minimum atomic E-state index is -1.61. The minimum Gasteiger partial charge on any atom is -0.368 e. The van der Waals surface area contributed by atoms with E-state index in [0.29, 0.717) is 12.4 Å². The van der Waals surface area contributed by atoms with Gasteiger partial charge in [-0.3, -0.25) is 4.98 Å². The number of nitrogens with zero attached hydrogens (tertiary/aromatic N) is 2. The molecule has 2 heterocycles. The minimum absolute atomic E-state index is 0.657. The van der Waals surface area contributed by atoms with Crippen LogP contribution in [0.1, 0.15) is 19.4 Å². The lowest BCUT2D eigenvalue weighted by molar-refractivity contribution is 0.815. The van der Waals surface area contributed by atoms with Gasteiger partial charge in [-0.1, -0.05) is 56.4 Å². The van der Waals surface area contributed by atoms with E-state index in [4.69, 9.17) is 0 Å². The normalized spacial score (nSPS) is 10.4. The van der Waals surface area contributed by atoms with Crippen LogP contribution in [-0.4, -0.2) is 21.7 Å². The Morgan fingerprint density at radius 1 is 0.964 bits per heavy atom. The maximum Gasteiger partial charge on any atom is 0.0960 e. The summed E-state index contributed by atoms with van der Waals surface area (Å²) in [6, 6.07) is 18.0. The van der Waals surface area contributed by atoms with Crippen LogP contribution in [-0.2, 0) is 6.54 Å². The number of nitrogens with one attached hydrogen (secondary N) is 2. The van der Waals surface area contributed by atoms with Gasteiger partial charge in [0, 0.05) is 23.8 Å². The van der Waals surface area contributed by atoms with Crippen LogP contribution in [0, 0.1) is 0 Å². The van der Waals surface area contributed by atoms with E-state index in [-0.39, 0.29) is 0 Å².